The van der Waals surface area contributed by atoms with Crippen LogP contribution < -0.4 is 0 Å². The number of carbonyl (C=O) groups excluding carboxylic acids is 2. The number of nitrogens with zero attached hydrogens (tertiary/aromatic N) is 1. The molecule has 2 fully saturated rings. The van der Waals surface area contributed by atoms with Crippen LogP contribution in [0.3, 0.4) is 0 Å². The van der Waals surface area contributed by atoms with Gasteiger partial charge in [0.25, 0.3) is 0 Å². The number of carboxylic acids is 1. The van der Waals surface area contributed by atoms with Crippen molar-refractivity contribution in [1.29, 1.82) is 0 Å². The predicted octanol–water partition coefficient (Wildman–Crippen LogP) is 2.95. The lowest BCUT2D eigenvalue weighted by atomic mass is 9.81. The quantitative estimate of drug-likeness (QED) is 0.624. The molecule has 0 unspecified atom stereocenters. The van der Waals surface area contributed by atoms with Crippen molar-refractivity contribution >= 4 is 18.0 Å². The minimum absolute atomic E-state index is 0.0242. The Hall–Kier alpha value is -2.68. The standard InChI is InChI=1S/C22H28FNO7/c23-17-7-5-15(6-8-17)19-9-10-24(22(28)31-18-3-1-2-4-18)11-16(19)12-30-21(27)14-29-13-20(25)26/h5-8,16,18-19H,1-4,9-14H2,(H,25,26)/t16-,19-/m1/s1. The Bertz CT molecular complexity index is 764. The number of halogens is 1. The van der Waals surface area contributed by atoms with Crippen LogP contribution in [-0.2, 0) is 23.8 Å². The number of esters is 1. The number of hydrogen-bond acceptors (Lipinski definition) is 6. The van der Waals surface area contributed by atoms with Gasteiger partial charge in [-0.05, 0) is 55.7 Å². The van der Waals surface area contributed by atoms with E-state index in [9.17, 15) is 18.8 Å². The Kier molecular flexibility index (Phi) is 8.22. The average Bonchev–Trinajstić information content (AvgIpc) is 3.25. The zero-order valence-electron chi connectivity index (χ0n) is 17.3. The number of aliphatic carboxylic acids is 1. The SMILES string of the molecule is O=C(O)COCC(=O)OC[C@H]1CN(C(=O)OC2CCCC2)CC[C@@H]1c1ccc(F)cc1. The molecule has 1 saturated heterocycles. The average molecular weight is 437 g/mol. The lowest BCUT2D eigenvalue weighted by Crippen LogP contribution is -2.45. The topological polar surface area (TPSA) is 102 Å². The van der Waals surface area contributed by atoms with Crippen molar-refractivity contribution < 1.29 is 38.1 Å². The molecule has 1 aliphatic heterocycles. The molecule has 0 radical (unpaired) electrons. The zero-order valence-corrected chi connectivity index (χ0v) is 17.3. The summed E-state index contributed by atoms with van der Waals surface area (Å²) in [4.78, 5) is 36.6. The summed E-state index contributed by atoms with van der Waals surface area (Å²) in [6, 6.07) is 6.19. The highest BCUT2D eigenvalue weighted by atomic mass is 19.1. The Balaban J connectivity index is 1.61. The van der Waals surface area contributed by atoms with Crippen LogP contribution in [0.4, 0.5) is 9.18 Å². The zero-order chi connectivity index (χ0) is 22.2. The van der Waals surface area contributed by atoms with E-state index >= 15 is 0 Å². The molecule has 3 rings (SSSR count). The molecular weight excluding hydrogens is 409 g/mol. The molecule has 1 N–H and O–H groups in total. The van der Waals surface area contributed by atoms with Gasteiger partial charge >= 0.3 is 18.0 Å². The van der Waals surface area contributed by atoms with Crippen LogP contribution in [0.15, 0.2) is 24.3 Å². The van der Waals surface area contributed by atoms with Crippen molar-refractivity contribution in [1.82, 2.24) is 4.90 Å². The molecule has 0 bridgehead atoms. The Labute approximate surface area is 180 Å². The second-order valence-electron chi connectivity index (χ2n) is 8.01. The number of amides is 1. The molecule has 1 saturated carbocycles. The number of likely N-dealkylation sites (tertiary alicyclic amines) is 1. The van der Waals surface area contributed by atoms with Gasteiger partial charge in [-0.2, -0.15) is 0 Å². The fourth-order valence-electron chi connectivity index (χ4n) is 4.20. The van der Waals surface area contributed by atoms with Crippen molar-refractivity contribution in [2.24, 2.45) is 5.92 Å². The van der Waals surface area contributed by atoms with Gasteiger partial charge in [0.1, 0.15) is 25.1 Å². The van der Waals surface area contributed by atoms with Crippen LogP contribution in [0.2, 0.25) is 0 Å². The number of rotatable bonds is 8. The van der Waals surface area contributed by atoms with Gasteiger partial charge in [-0.15, -0.1) is 0 Å². The molecule has 2 aliphatic rings. The molecule has 0 aromatic heterocycles. The second kappa shape index (κ2) is 11.1. The number of piperidine rings is 1. The highest BCUT2D eigenvalue weighted by Crippen LogP contribution is 2.34. The van der Waals surface area contributed by atoms with Crippen molar-refractivity contribution in [3.05, 3.63) is 35.6 Å². The third kappa shape index (κ3) is 6.92. The largest absolute Gasteiger partial charge is 0.480 e. The fraction of sp³-hybridized carbons (Fsp3) is 0.591. The Morgan fingerprint density at radius 3 is 2.45 bits per heavy atom. The van der Waals surface area contributed by atoms with Crippen molar-refractivity contribution in [2.75, 3.05) is 32.9 Å². The van der Waals surface area contributed by atoms with Gasteiger partial charge in [0.2, 0.25) is 0 Å². The monoisotopic (exact) mass is 437 g/mol. The van der Waals surface area contributed by atoms with E-state index in [1.54, 1.807) is 17.0 Å². The van der Waals surface area contributed by atoms with E-state index in [0.717, 1.165) is 31.2 Å². The van der Waals surface area contributed by atoms with Crippen LogP contribution in [0.5, 0.6) is 0 Å². The van der Waals surface area contributed by atoms with Gasteiger partial charge in [0.15, 0.2) is 0 Å². The Morgan fingerprint density at radius 2 is 1.77 bits per heavy atom. The summed E-state index contributed by atoms with van der Waals surface area (Å²) in [5, 5.41) is 8.57. The van der Waals surface area contributed by atoms with Gasteiger partial charge in [-0.25, -0.2) is 18.8 Å². The van der Waals surface area contributed by atoms with Crippen LogP contribution >= 0.6 is 0 Å². The summed E-state index contributed by atoms with van der Waals surface area (Å²) in [6.07, 6.45) is 4.13. The van der Waals surface area contributed by atoms with Crippen LogP contribution in [0, 0.1) is 11.7 Å². The van der Waals surface area contributed by atoms with E-state index in [1.165, 1.54) is 12.1 Å². The van der Waals surface area contributed by atoms with E-state index in [0.29, 0.717) is 19.5 Å². The highest BCUT2D eigenvalue weighted by Gasteiger charge is 2.35. The number of hydrogen-bond donors (Lipinski definition) is 1. The molecule has 8 nitrogen and oxygen atoms in total. The summed E-state index contributed by atoms with van der Waals surface area (Å²) in [7, 11) is 0. The number of benzene rings is 1. The maximum atomic E-state index is 13.3. The third-order valence-electron chi connectivity index (χ3n) is 5.76. The normalized spacial score (nSPS) is 21.6. The lowest BCUT2D eigenvalue weighted by Gasteiger charge is -2.38. The molecule has 31 heavy (non-hydrogen) atoms. The molecule has 1 aromatic carbocycles. The molecule has 170 valence electrons. The number of carboxylic acid groups (broad SMARTS) is 1. The summed E-state index contributed by atoms with van der Waals surface area (Å²) < 4.78 is 29.0. The van der Waals surface area contributed by atoms with Crippen molar-refractivity contribution in [3.63, 3.8) is 0 Å². The van der Waals surface area contributed by atoms with E-state index in [4.69, 9.17) is 19.3 Å². The molecule has 1 aliphatic carbocycles. The van der Waals surface area contributed by atoms with E-state index in [1.807, 2.05) is 0 Å². The van der Waals surface area contributed by atoms with Gasteiger partial charge in [0, 0.05) is 19.0 Å². The smallest absolute Gasteiger partial charge is 0.410 e. The maximum Gasteiger partial charge on any atom is 0.410 e. The second-order valence-corrected chi connectivity index (χ2v) is 8.01. The van der Waals surface area contributed by atoms with E-state index in [2.05, 4.69) is 0 Å². The van der Waals surface area contributed by atoms with Crippen molar-refractivity contribution in [2.45, 2.75) is 44.1 Å². The molecule has 2 atom stereocenters. The first-order valence-electron chi connectivity index (χ1n) is 10.6. The first kappa shape index (κ1) is 23.0. The summed E-state index contributed by atoms with van der Waals surface area (Å²) in [5.41, 5.74) is 0.911. The fourth-order valence-corrected chi connectivity index (χ4v) is 4.20. The third-order valence-corrected chi connectivity index (χ3v) is 5.76. The van der Waals surface area contributed by atoms with Crippen LogP contribution in [0.25, 0.3) is 0 Å². The molecule has 1 aromatic rings. The van der Waals surface area contributed by atoms with E-state index in [-0.39, 0.29) is 36.5 Å². The summed E-state index contributed by atoms with van der Waals surface area (Å²) in [5.74, 6) is -2.42. The highest BCUT2D eigenvalue weighted by molar-refractivity contribution is 5.72. The minimum Gasteiger partial charge on any atom is -0.480 e. The van der Waals surface area contributed by atoms with Crippen molar-refractivity contribution in [3.8, 4) is 0 Å². The molecular formula is C22H28FNO7. The maximum absolute atomic E-state index is 13.3. The Morgan fingerprint density at radius 1 is 1.06 bits per heavy atom. The van der Waals surface area contributed by atoms with Gasteiger partial charge in [-0.1, -0.05) is 12.1 Å². The molecule has 9 heteroatoms. The minimum atomic E-state index is -1.17. The first-order chi connectivity index (χ1) is 14.9. The summed E-state index contributed by atoms with van der Waals surface area (Å²) >= 11 is 0. The van der Waals surface area contributed by atoms with Gasteiger partial charge < -0.3 is 24.2 Å². The molecule has 0 spiro atoms. The van der Waals surface area contributed by atoms with Gasteiger partial charge in [-0.3, -0.25) is 0 Å². The number of carbonyl (C=O) groups is 3. The van der Waals surface area contributed by atoms with Gasteiger partial charge in [0.05, 0.1) is 6.61 Å². The predicted molar refractivity (Wildman–Crippen MR) is 107 cm³/mol. The first-order valence-corrected chi connectivity index (χ1v) is 10.6. The van der Waals surface area contributed by atoms with E-state index < -0.39 is 25.2 Å². The molecule has 1 amide bonds. The summed E-state index contributed by atoms with van der Waals surface area (Å²) in [6.45, 7) is -0.174. The molecule has 1 heterocycles. The lowest BCUT2D eigenvalue weighted by molar-refractivity contribution is -0.154. The van der Waals surface area contributed by atoms with Crippen LogP contribution in [0.1, 0.15) is 43.6 Å². The van der Waals surface area contributed by atoms with Crippen LogP contribution in [-0.4, -0.2) is 67.1 Å². The number of ether oxygens (including phenoxy) is 3.